The van der Waals surface area contributed by atoms with Crippen LogP contribution in [0.5, 0.6) is 11.5 Å². The fraction of sp³-hybridized carbons (Fsp3) is 0.100. The predicted octanol–water partition coefficient (Wildman–Crippen LogP) is 4.31. The van der Waals surface area contributed by atoms with Crippen LogP contribution in [0, 0.1) is 0 Å². The van der Waals surface area contributed by atoms with Crippen molar-refractivity contribution in [1.29, 1.82) is 0 Å². The minimum atomic E-state index is -2.96. The Bertz CT molecular complexity index is 921. The Morgan fingerprint density at radius 1 is 1.04 bits per heavy atom. The largest absolute Gasteiger partial charge is 0.493 e. The highest BCUT2D eigenvalue weighted by atomic mass is 19.3. The number of cyclic esters (lactones) is 1. The van der Waals surface area contributed by atoms with E-state index in [4.69, 9.17) is 9.47 Å². The third-order valence-electron chi connectivity index (χ3n) is 3.56. The standard InChI is InChI=1S/C20H15F2NO4/c1-25-17-12-14(7-9-16(17)26-20(21)22)11-15-19(24)27-18(23-15)10-8-13-5-3-2-4-6-13/h2-12,20H,1H3/b10-8+,15-11-. The number of hydrogen-bond donors (Lipinski definition) is 0. The molecule has 2 aromatic carbocycles. The van der Waals surface area contributed by atoms with Crippen molar-refractivity contribution in [3.05, 3.63) is 71.4 Å². The van der Waals surface area contributed by atoms with Crippen molar-refractivity contribution in [2.75, 3.05) is 7.11 Å². The molecule has 0 aliphatic carbocycles. The van der Waals surface area contributed by atoms with Gasteiger partial charge < -0.3 is 14.2 Å². The Labute approximate surface area is 154 Å². The Hall–Kier alpha value is -3.48. The highest BCUT2D eigenvalue weighted by Gasteiger charge is 2.21. The van der Waals surface area contributed by atoms with Crippen LogP contribution < -0.4 is 9.47 Å². The van der Waals surface area contributed by atoms with Crippen molar-refractivity contribution < 1.29 is 27.8 Å². The minimum Gasteiger partial charge on any atom is -0.493 e. The van der Waals surface area contributed by atoms with Gasteiger partial charge in [0, 0.05) is 6.08 Å². The quantitative estimate of drug-likeness (QED) is 0.561. The number of alkyl halides is 2. The van der Waals surface area contributed by atoms with Crippen LogP contribution in [-0.2, 0) is 9.53 Å². The van der Waals surface area contributed by atoms with Gasteiger partial charge in [0.1, 0.15) is 0 Å². The molecule has 0 unspecified atom stereocenters. The van der Waals surface area contributed by atoms with Crippen LogP contribution in [0.3, 0.4) is 0 Å². The lowest BCUT2D eigenvalue weighted by Gasteiger charge is -2.10. The fourth-order valence-electron chi connectivity index (χ4n) is 2.35. The fourth-order valence-corrected chi connectivity index (χ4v) is 2.35. The van der Waals surface area contributed by atoms with Gasteiger partial charge in [-0.15, -0.1) is 0 Å². The molecule has 0 saturated carbocycles. The van der Waals surface area contributed by atoms with Crippen molar-refractivity contribution >= 4 is 24.0 Å². The first-order valence-corrected chi connectivity index (χ1v) is 7.93. The molecule has 0 aromatic heterocycles. The van der Waals surface area contributed by atoms with Crippen molar-refractivity contribution in [3.63, 3.8) is 0 Å². The summed E-state index contributed by atoms with van der Waals surface area (Å²) in [6, 6.07) is 13.8. The van der Waals surface area contributed by atoms with Crippen LogP contribution in [0.1, 0.15) is 11.1 Å². The number of halogens is 2. The van der Waals surface area contributed by atoms with Gasteiger partial charge in [0.15, 0.2) is 17.2 Å². The van der Waals surface area contributed by atoms with E-state index >= 15 is 0 Å². The number of nitrogens with zero attached hydrogens (tertiary/aromatic N) is 1. The van der Waals surface area contributed by atoms with Gasteiger partial charge in [-0.05, 0) is 35.4 Å². The number of aliphatic imine (C=N–C) groups is 1. The summed E-state index contributed by atoms with van der Waals surface area (Å²) in [5.41, 5.74) is 1.55. The number of esters is 1. The van der Waals surface area contributed by atoms with Crippen LogP contribution >= 0.6 is 0 Å². The first kappa shape index (κ1) is 18.3. The number of carbonyl (C=O) groups is 1. The van der Waals surface area contributed by atoms with Crippen molar-refractivity contribution in [2.24, 2.45) is 4.99 Å². The van der Waals surface area contributed by atoms with Gasteiger partial charge in [-0.2, -0.15) is 8.78 Å². The molecule has 3 rings (SSSR count). The van der Waals surface area contributed by atoms with E-state index in [1.54, 1.807) is 12.2 Å². The molecule has 138 valence electrons. The lowest BCUT2D eigenvalue weighted by Crippen LogP contribution is -2.03. The molecule has 0 spiro atoms. The third-order valence-corrected chi connectivity index (χ3v) is 3.56. The summed E-state index contributed by atoms with van der Waals surface area (Å²) in [4.78, 5) is 16.1. The maximum atomic E-state index is 12.4. The topological polar surface area (TPSA) is 57.1 Å². The monoisotopic (exact) mass is 371 g/mol. The zero-order valence-corrected chi connectivity index (χ0v) is 14.3. The highest BCUT2D eigenvalue weighted by Crippen LogP contribution is 2.30. The summed E-state index contributed by atoms with van der Waals surface area (Å²) in [5.74, 6) is -0.419. The molecule has 5 nitrogen and oxygen atoms in total. The second kappa shape index (κ2) is 8.27. The maximum absolute atomic E-state index is 12.4. The van der Waals surface area contributed by atoms with Crippen molar-refractivity contribution in [1.82, 2.24) is 0 Å². The summed E-state index contributed by atoms with van der Waals surface area (Å²) in [5, 5.41) is 0. The molecule has 7 heteroatoms. The molecule has 0 atom stereocenters. The van der Waals surface area contributed by atoms with E-state index in [1.165, 1.54) is 31.4 Å². The second-order valence-corrected chi connectivity index (χ2v) is 5.40. The van der Waals surface area contributed by atoms with Gasteiger partial charge in [-0.25, -0.2) is 9.79 Å². The highest BCUT2D eigenvalue weighted by molar-refractivity contribution is 6.11. The lowest BCUT2D eigenvalue weighted by atomic mass is 10.1. The van der Waals surface area contributed by atoms with Crippen molar-refractivity contribution in [3.8, 4) is 11.5 Å². The summed E-state index contributed by atoms with van der Waals surface area (Å²) in [6.07, 6.45) is 4.84. The van der Waals surface area contributed by atoms with Gasteiger partial charge in [0.2, 0.25) is 5.90 Å². The van der Waals surface area contributed by atoms with Crippen LogP contribution in [0.15, 0.2) is 65.3 Å². The molecule has 0 saturated heterocycles. The first-order chi connectivity index (χ1) is 13.0. The normalized spacial score (nSPS) is 15.3. The SMILES string of the molecule is COc1cc(/C=C2N=C(/C=C/c3ccccc3)OC\2=O)ccc1OC(F)F. The average Bonchev–Trinajstić information content (AvgIpc) is 3.01. The summed E-state index contributed by atoms with van der Waals surface area (Å²) in [7, 11) is 1.33. The van der Waals surface area contributed by atoms with Crippen molar-refractivity contribution in [2.45, 2.75) is 6.61 Å². The molecule has 0 radical (unpaired) electrons. The van der Waals surface area contributed by atoms with E-state index in [2.05, 4.69) is 9.73 Å². The number of hydrogen-bond acceptors (Lipinski definition) is 5. The molecule has 0 bridgehead atoms. The van der Waals surface area contributed by atoms with E-state index < -0.39 is 12.6 Å². The number of benzene rings is 2. The Balaban J connectivity index is 1.81. The molecule has 0 amide bonds. The lowest BCUT2D eigenvalue weighted by molar-refractivity contribution is -0.129. The van der Waals surface area contributed by atoms with Gasteiger partial charge in [0.05, 0.1) is 7.11 Å². The number of carbonyl (C=O) groups excluding carboxylic acids is 1. The Morgan fingerprint density at radius 2 is 1.81 bits per heavy atom. The van der Waals surface area contributed by atoms with E-state index in [9.17, 15) is 13.6 Å². The minimum absolute atomic E-state index is 0.0901. The Kier molecular flexibility index (Phi) is 5.61. The number of rotatable bonds is 6. The van der Waals surface area contributed by atoms with Gasteiger partial charge >= 0.3 is 12.6 Å². The number of methoxy groups -OCH3 is 1. The Morgan fingerprint density at radius 3 is 2.52 bits per heavy atom. The van der Waals surface area contributed by atoms with E-state index in [0.29, 0.717) is 5.56 Å². The number of ether oxygens (including phenoxy) is 3. The zero-order chi connectivity index (χ0) is 19.2. The van der Waals surface area contributed by atoms with E-state index in [0.717, 1.165) is 5.56 Å². The average molecular weight is 371 g/mol. The summed E-state index contributed by atoms with van der Waals surface area (Å²) < 4.78 is 39.3. The molecule has 1 aliphatic heterocycles. The van der Waals surface area contributed by atoms with Crippen LogP contribution in [0.25, 0.3) is 12.2 Å². The summed E-state index contributed by atoms with van der Waals surface area (Å²) >= 11 is 0. The molecular weight excluding hydrogens is 356 g/mol. The zero-order valence-electron chi connectivity index (χ0n) is 14.3. The summed E-state index contributed by atoms with van der Waals surface area (Å²) in [6.45, 7) is -2.96. The van der Waals surface area contributed by atoms with Crippen LogP contribution in [0.4, 0.5) is 8.78 Å². The predicted molar refractivity (Wildman–Crippen MR) is 96.6 cm³/mol. The smallest absolute Gasteiger partial charge is 0.387 e. The first-order valence-electron chi connectivity index (χ1n) is 7.93. The molecule has 1 aliphatic rings. The maximum Gasteiger partial charge on any atom is 0.387 e. The van der Waals surface area contributed by atoms with Crippen LogP contribution in [0.2, 0.25) is 0 Å². The molecule has 2 aromatic rings. The molecule has 27 heavy (non-hydrogen) atoms. The van der Waals surface area contributed by atoms with Gasteiger partial charge in [-0.1, -0.05) is 36.4 Å². The molecular formula is C20H15F2NO4. The van der Waals surface area contributed by atoms with Gasteiger partial charge in [0.25, 0.3) is 0 Å². The van der Waals surface area contributed by atoms with E-state index in [-0.39, 0.29) is 23.1 Å². The third kappa shape index (κ3) is 4.78. The second-order valence-electron chi connectivity index (χ2n) is 5.40. The van der Waals surface area contributed by atoms with Crippen LogP contribution in [-0.4, -0.2) is 25.6 Å². The molecule has 0 N–H and O–H groups in total. The van der Waals surface area contributed by atoms with E-state index in [1.807, 2.05) is 30.3 Å². The molecule has 0 fully saturated rings. The molecule has 1 heterocycles. The van der Waals surface area contributed by atoms with Gasteiger partial charge in [-0.3, -0.25) is 0 Å².